The van der Waals surface area contributed by atoms with Gasteiger partial charge in [-0.1, -0.05) is 54.6 Å². The van der Waals surface area contributed by atoms with Gasteiger partial charge in [-0.15, -0.1) is 0 Å². The molecule has 0 aliphatic heterocycles. The monoisotopic (exact) mass is 689 g/mol. The second kappa shape index (κ2) is 13.3. The number of nitrogens with zero attached hydrogens (tertiary/aromatic N) is 2. The van der Waals surface area contributed by atoms with Gasteiger partial charge in [0.15, 0.2) is 0 Å². The third-order valence-corrected chi connectivity index (χ3v) is 5.92. The van der Waals surface area contributed by atoms with E-state index in [1.54, 1.807) is 42.5 Å². The first-order chi connectivity index (χ1) is 17.8. The summed E-state index contributed by atoms with van der Waals surface area (Å²) >= 11 is 0. The molecule has 0 bridgehead atoms. The molecule has 0 aliphatic carbocycles. The fourth-order valence-electron chi connectivity index (χ4n) is 4.28. The smallest absolute Gasteiger partial charge is 0.455 e. The Morgan fingerprint density at radius 1 is 0.725 bits per heavy atom. The molecule has 0 aliphatic rings. The van der Waals surface area contributed by atoms with E-state index in [0.29, 0.717) is 5.69 Å². The van der Waals surface area contributed by atoms with Crippen LogP contribution < -0.4 is 10.5 Å². The average molecular weight is 688 g/mol. The number of aromatic hydroxyl groups is 1. The molecule has 5 N–H and O–H groups in total. The minimum Gasteiger partial charge on any atom is -0.506 e. The summed E-state index contributed by atoms with van der Waals surface area (Å²) in [6.45, 7) is 0. The summed E-state index contributed by atoms with van der Waals surface area (Å²) in [7, 11) is 0. The second-order valence-electron chi connectivity index (χ2n) is 8.23. The molecule has 7 nitrogen and oxygen atoms in total. The molecule has 5 aromatic rings. The topological polar surface area (TPSA) is 126 Å². The van der Waals surface area contributed by atoms with Crippen molar-refractivity contribution in [3.63, 3.8) is 0 Å². The van der Waals surface area contributed by atoms with E-state index in [1.807, 2.05) is 65.6 Å². The molecular formula is C29H23EuF3N2O5. The fraction of sp³-hybridized carbons (Fsp3) is 0.0345. The van der Waals surface area contributed by atoms with E-state index in [1.165, 1.54) is 6.07 Å². The molecule has 11 heteroatoms. The number of rotatable bonds is 5. The number of para-hydroxylation sites is 3. The van der Waals surface area contributed by atoms with Crippen LogP contribution in [0.2, 0.25) is 0 Å². The van der Waals surface area contributed by atoms with Gasteiger partial charge in [-0.2, -0.15) is 13.2 Å². The molecule has 0 atom stereocenters. The maximum atomic E-state index is 13.4. The number of ketones is 1. The molecule has 5 rings (SSSR count). The van der Waals surface area contributed by atoms with Crippen LogP contribution in [0, 0.1) is 49.4 Å². The summed E-state index contributed by atoms with van der Waals surface area (Å²) in [5.41, 5.74) is -0.00682. The van der Waals surface area contributed by atoms with Gasteiger partial charge in [-0.05, 0) is 54.6 Å². The number of fused-ring (bicyclic) bond motifs is 1. The number of pyridine rings is 1. The van der Waals surface area contributed by atoms with Crippen LogP contribution >= 0.6 is 0 Å². The SMILES string of the molecule is O.O.O=C(c1c(O)c2ccc(N(c3ccccc3)c3ccccc3)cc2n(-c2ccccc2)c1=O)C(F)(F)F.[Eu]. The van der Waals surface area contributed by atoms with Crippen molar-refractivity contribution in [2.24, 2.45) is 0 Å². The van der Waals surface area contributed by atoms with Crippen molar-refractivity contribution in [2.45, 2.75) is 6.18 Å². The first kappa shape index (κ1) is 32.9. The molecule has 0 saturated carbocycles. The van der Waals surface area contributed by atoms with Gasteiger partial charge in [0.1, 0.15) is 11.3 Å². The minimum atomic E-state index is -5.34. The number of benzene rings is 4. The van der Waals surface area contributed by atoms with Crippen molar-refractivity contribution in [1.29, 1.82) is 0 Å². The molecule has 1 radical (unpaired) electrons. The van der Waals surface area contributed by atoms with Crippen LogP contribution in [0.3, 0.4) is 0 Å². The number of carbonyl (C=O) groups excluding carboxylic acids is 1. The number of Topliss-reactive ketones (excluding diaryl/α,β-unsaturated/α-hetero) is 1. The Bertz CT molecular complexity index is 1620. The quantitative estimate of drug-likeness (QED) is 0.253. The van der Waals surface area contributed by atoms with Crippen LogP contribution in [0.5, 0.6) is 5.75 Å². The maximum Gasteiger partial charge on any atom is 0.455 e. The molecule has 0 amide bonds. The molecule has 4 aromatic carbocycles. The third-order valence-electron chi connectivity index (χ3n) is 5.92. The van der Waals surface area contributed by atoms with Crippen LogP contribution in [0.15, 0.2) is 114 Å². The van der Waals surface area contributed by atoms with Gasteiger partial charge in [0.2, 0.25) is 0 Å². The summed E-state index contributed by atoms with van der Waals surface area (Å²) in [5.74, 6) is -3.41. The zero-order valence-electron chi connectivity index (χ0n) is 20.6. The van der Waals surface area contributed by atoms with E-state index in [0.717, 1.165) is 15.9 Å². The second-order valence-corrected chi connectivity index (χ2v) is 8.23. The molecule has 0 fully saturated rings. The van der Waals surface area contributed by atoms with E-state index < -0.39 is 28.8 Å². The molecule has 40 heavy (non-hydrogen) atoms. The number of alkyl halides is 3. The van der Waals surface area contributed by atoms with Crippen molar-refractivity contribution >= 4 is 33.7 Å². The van der Waals surface area contributed by atoms with Crippen LogP contribution in [0.4, 0.5) is 30.2 Å². The van der Waals surface area contributed by atoms with Gasteiger partial charge in [-0.3, -0.25) is 14.2 Å². The zero-order chi connectivity index (χ0) is 26.2. The van der Waals surface area contributed by atoms with Crippen LogP contribution in [0.1, 0.15) is 10.4 Å². The molecule has 0 saturated heterocycles. The Hall–Kier alpha value is -3.35. The Labute approximate surface area is 267 Å². The number of hydrogen-bond donors (Lipinski definition) is 1. The Morgan fingerprint density at radius 3 is 1.68 bits per heavy atom. The summed E-state index contributed by atoms with van der Waals surface area (Å²) in [5, 5.41) is 10.7. The summed E-state index contributed by atoms with van der Waals surface area (Å²) in [4.78, 5) is 27.5. The van der Waals surface area contributed by atoms with E-state index in [-0.39, 0.29) is 76.9 Å². The minimum absolute atomic E-state index is 0. The summed E-state index contributed by atoms with van der Waals surface area (Å²) in [6.07, 6.45) is -5.34. The first-order valence-electron chi connectivity index (χ1n) is 11.3. The number of aromatic nitrogens is 1. The molecule has 0 unspecified atom stereocenters. The Morgan fingerprint density at radius 2 is 1.20 bits per heavy atom. The summed E-state index contributed by atoms with van der Waals surface area (Å²) in [6, 6.07) is 31.4. The van der Waals surface area contributed by atoms with Gasteiger partial charge < -0.3 is 21.0 Å². The molecular weight excluding hydrogens is 665 g/mol. The number of halogens is 3. The third kappa shape index (κ3) is 6.19. The van der Waals surface area contributed by atoms with Gasteiger partial charge in [0.25, 0.3) is 11.3 Å². The predicted octanol–water partition coefficient (Wildman–Crippen LogP) is 5.26. The number of carbonyl (C=O) groups is 1. The molecule has 1 heterocycles. The van der Waals surface area contributed by atoms with Crippen molar-refractivity contribution in [3.8, 4) is 11.4 Å². The van der Waals surface area contributed by atoms with Gasteiger partial charge in [0, 0.05) is 77.5 Å². The van der Waals surface area contributed by atoms with Crippen molar-refractivity contribution in [3.05, 3.63) is 125 Å². The Kier molecular flexibility index (Phi) is 11.0. The molecule has 1 aromatic heterocycles. The normalized spacial score (nSPS) is 10.6. The van der Waals surface area contributed by atoms with Crippen LogP contribution in [-0.4, -0.2) is 32.6 Å². The Balaban J connectivity index is 0.00000187. The standard InChI is InChI=1S/C29H19F3N2O3.Eu.2H2O/c30-29(31,32)27(36)25-26(35)23-17-16-22(18-24(23)34(28(25)37)21-14-8-3-9-15-21)33(19-10-4-1-5-11-19)20-12-6-2-7-13-20;;;/h1-18,35H;;2*1H2. The van der Waals surface area contributed by atoms with E-state index in [4.69, 9.17) is 0 Å². The van der Waals surface area contributed by atoms with Crippen molar-refractivity contribution < 1.29 is 83.4 Å². The van der Waals surface area contributed by atoms with Crippen LogP contribution in [-0.2, 0) is 0 Å². The van der Waals surface area contributed by atoms with Crippen molar-refractivity contribution in [1.82, 2.24) is 4.57 Å². The average Bonchev–Trinajstić information content (AvgIpc) is 2.90. The number of anilines is 3. The zero-order valence-corrected chi connectivity index (χ0v) is 23.0. The molecule has 207 valence electrons. The first-order valence-corrected chi connectivity index (χ1v) is 11.3. The van der Waals surface area contributed by atoms with Crippen molar-refractivity contribution in [2.75, 3.05) is 4.90 Å². The number of hydrogen-bond acceptors (Lipinski definition) is 4. The fourth-order valence-corrected chi connectivity index (χ4v) is 4.28. The molecule has 0 spiro atoms. The maximum absolute atomic E-state index is 13.4. The van der Waals surface area contributed by atoms with E-state index in [9.17, 15) is 27.9 Å². The summed E-state index contributed by atoms with van der Waals surface area (Å²) < 4.78 is 41.1. The largest absolute Gasteiger partial charge is 0.506 e. The van der Waals surface area contributed by atoms with Gasteiger partial charge in [-0.25, -0.2) is 0 Å². The van der Waals surface area contributed by atoms with E-state index >= 15 is 0 Å². The van der Waals surface area contributed by atoms with Gasteiger partial charge in [0.05, 0.1) is 5.52 Å². The van der Waals surface area contributed by atoms with E-state index in [2.05, 4.69) is 0 Å². The predicted molar refractivity (Wildman–Crippen MR) is 144 cm³/mol. The van der Waals surface area contributed by atoms with Gasteiger partial charge >= 0.3 is 6.18 Å². The van der Waals surface area contributed by atoms with Crippen LogP contribution in [0.25, 0.3) is 16.6 Å².